The topological polar surface area (TPSA) is 14.1 Å². The van der Waals surface area contributed by atoms with Gasteiger partial charge in [0, 0.05) is 11.9 Å². The van der Waals surface area contributed by atoms with Crippen LogP contribution in [0.5, 0.6) is 0 Å². The standard InChI is InChI=1S/C10H16N/c1-4-8-7-11-10(6-3)9(8)5-2/h7H,4-6H2,1-3H3. The molecule has 1 aliphatic heterocycles. The van der Waals surface area contributed by atoms with Crippen LogP contribution < -0.4 is 5.32 Å². The van der Waals surface area contributed by atoms with E-state index in [9.17, 15) is 0 Å². The summed E-state index contributed by atoms with van der Waals surface area (Å²) in [4.78, 5) is 0. The molecule has 0 saturated heterocycles. The number of hydrogen-bond donors (Lipinski definition) is 0. The Morgan fingerprint density at radius 3 is 2.27 bits per heavy atom. The first-order valence-electron chi connectivity index (χ1n) is 4.45. The van der Waals surface area contributed by atoms with E-state index >= 15 is 0 Å². The highest BCUT2D eigenvalue weighted by atomic mass is 14.9. The van der Waals surface area contributed by atoms with E-state index in [1.807, 2.05) is 6.20 Å². The molecule has 1 nitrogen and oxygen atoms in total. The van der Waals surface area contributed by atoms with Gasteiger partial charge in [-0.05, 0) is 30.4 Å². The first-order chi connectivity index (χ1) is 5.33. The molecule has 0 aromatic carbocycles. The summed E-state index contributed by atoms with van der Waals surface area (Å²) in [5.74, 6) is 0. The van der Waals surface area contributed by atoms with Crippen molar-refractivity contribution in [2.45, 2.75) is 40.0 Å². The Bertz CT molecular complexity index is 199. The van der Waals surface area contributed by atoms with Crippen molar-refractivity contribution in [1.29, 1.82) is 0 Å². The van der Waals surface area contributed by atoms with Crippen LogP contribution >= 0.6 is 0 Å². The van der Waals surface area contributed by atoms with Crippen molar-refractivity contribution < 1.29 is 0 Å². The van der Waals surface area contributed by atoms with Gasteiger partial charge < -0.3 is 0 Å². The van der Waals surface area contributed by atoms with Crippen LogP contribution in [-0.4, -0.2) is 0 Å². The zero-order valence-corrected chi connectivity index (χ0v) is 7.65. The monoisotopic (exact) mass is 150 g/mol. The number of nitrogens with zero attached hydrogens (tertiary/aromatic N) is 1. The average Bonchev–Trinajstić information content (AvgIpc) is 2.45. The van der Waals surface area contributed by atoms with Crippen molar-refractivity contribution in [3.8, 4) is 0 Å². The lowest BCUT2D eigenvalue weighted by Crippen LogP contribution is -1.92. The summed E-state index contributed by atoms with van der Waals surface area (Å²) in [6.07, 6.45) is 5.35. The Balaban J connectivity index is 2.80. The lowest BCUT2D eigenvalue weighted by atomic mass is 10.0. The highest BCUT2D eigenvalue weighted by Gasteiger charge is 2.13. The van der Waals surface area contributed by atoms with Gasteiger partial charge >= 0.3 is 0 Å². The third-order valence-corrected chi connectivity index (χ3v) is 2.18. The largest absolute Gasteiger partial charge is 0.261 e. The Labute approximate surface area is 69.2 Å². The van der Waals surface area contributed by atoms with Crippen molar-refractivity contribution in [2.24, 2.45) is 0 Å². The number of allylic oxidation sites excluding steroid dienone is 3. The predicted molar refractivity (Wildman–Crippen MR) is 48.1 cm³/mol. The maximum Gasteiger partial charge on any atom is 0.0436 e. The molecule has 0 N–H and O–H groups in total. The van der Waals surface area contributed by atoms with Gasteiger partial charge in [-0.2, -0.15) is 0 Å². The summed E-state index contributed by atoms with van der Waals surface area (Å²) in [6, 6.07) is 0. The third-order valence-electron chi connectivity index (χ3n) is 2.18. The second-order valence-electron chi connectivity index (χ2n) is 2.77. The summed E-state index contributed by atoms with van der Waals surface area (Å²) in [6.45, 7) is 6.56. The van der Waals surface area contributed by atoms with Gasteiger partial charge in [0.2, 0.25) is 0 Å². The molecule has 1 radical (unpaired) electrons. The molecule has 1 aliphatic rings. The van der Waals surface area contributed by atoms with Gasteiger partial charge in [-0.1, -0.05) is 20.8 Å². The van der Waals surface area contributed by atoms with Crippen LogP contribution in [0.3, 0.4) is 0 Å². The maximum absolute atomic E-state index is 4.38. The highest BCUT2D eigenvalue weighted by Crippen LogP contribution is 2.26. The molecule has 0 aromatic heterocycles. The SMILES string of the molecule is CCC1=C[N]C(CC)=C1CC. The van der Waals surface area contributed by atoms with Crippen LogP contribution in [0.1, 0.15) is 40.0 Å². The predicted octanol–water partition coefficient (Wildman–Crippen LogP) is 2.97. The summed E-state index contributed by atoms with van der Waals surface area (Å²) in [5, 5.41) is 4.38. The molecule has 0 aromatic rings. The molecule has 1 heterocycles. The fraction of sp³-hybridized carbons (Fsp3) is 0.600. The molecular formula is C10H16N. The summed E-state index contributed by atoms with van der Waals surface area (Å²) in [7, 11) is 0. The Morgan fingerprint density at radius 1 is 1.09 bits per heavy atom. The smallest absolute Gasteiger partial charge is 0.0436 e. The molecular weight excluding hydrogens is 134 g/mol. The van der Waals surface area contributed by atoms with E-state index in [4.69, 9.17) is 0 Å². The van der Waals surface area contributed by atoms with Gasteiger partial charge in [0.1, 0.15) is 0 Å². The van der Waals surface area contributed by atoms with Crippen molar-refractivity contribution in [3.63, 3.8) is 0 Å². The van der Waals surface area contributed by atoms with Crippen LogP contribution in [0.4, 0.5) is 0 Å². The molecule has 0 atom stereocenters. The van der Waals surface area contributed by atoms with Crippen molar-refractivity contribution in [2.75, 3.05) is 0 Å². The molecule has 0 bridgehead atoms. The van der Waals surface area contributed by atoms with Crippen molar-refractivity contribution >= 4 is 0 Å². The number of hydrogen-bond acceptors (Lipinski definition) is 0. The summed E-state index contributed by atoms with van der Waals surface area (Å²) >= 11 is 0. The van der Waals surface area contributed by atoms with Gasteiger partial charge in [0.15, 0.2) is 0 Å². The maximum atomic E-state index is 4.38. The fourth-order valence-corrected chi connectivity index (χ4v) is 1.54. The van der Waals surface area contributed by atoms with Gasteiger partial charge in [-0.25, -0.2) is 0 Å². The van der Waals surface area contributed by atoms with Crippen LogP contribution in [-0.2, 0) is 0 Å². The summed E-state index contributed by atoms with van der Waals surface area (Å²) in [5.41, 5.74) is 4.21. The second-order valence-corrected chi connectivity index (χ2v) is 2.77. The van der Waals surface area contributed by atoms with E-state index in [0.717, 1.165) is 19.3 Å². The van der Waals surface area contributed by atoms with Gasteiger partial charge in [-0.15, -0.1) is 0 Å². The van der Waals surface area contributed by atoms with E-state index in [1.165, 1.54) is 16.8 Å². The molecule has 0 unspecified atom stereocenters. The second kappa shape index (κ2) is 3.61. The Kier molecular flexibility index (Phi) is 2.75. The van der Waals surface area contributed by atoms with E-state index in [0.29, 0.717) is 0 Å². The van der Waals surface area contributed by atoms with Crippen LogP contribution in [0.2, 0.25) is 0 Å². The lowest BCUT2D eigenvalue weighted by Gasteiger charge is -2.03. The highest BCUT2D eigenvalue weighted by molar-refractivity contribution is 5.39. The summed E-state index contributed by atoms with van der Waals surface area (Å²) < 4.78 is 0. The quantitative estimate of drug-likeness (QED) is 0.587. The Hall–Kier alpha value is -0.720. The minimum absolute atomic E-state index is 1.07. The molecule has 0 fully saturated rings. The minimum atomic E-state index is 1.07. The third kappa shape index (κ3) is 1.47. The van der Waals surface area contributed by atoms with Crippen LogP contribution in [0.15, 0.2) is 23.0 Å². The zero-order valence-electron chi connectivity index (χ0n) is 7.65. The van der Waals surface area contributed by atoms with Crippen LogP contribution in [0.25, 0.3) is 0 Å². The van der Waals surface area contributed by atoms with E-state index in [-0.39, 0.29) is 0 Å². The lowest BCUT2D eigenvalue weighted by molar-refractivity contribution is 0.917. The average molecular weight is 150 g/mol. The molecule has 11 heavy (non-hydrogen) atoms. The zero-order chi connectivity index (χ0) is 8.27. The minimum Gasteiger partial charge on any atom is -0.261 e. The molecule has 1 rings (SSSR count). The van der Waals surface area contributed by atoms with E-state index < -0.39 is 0 Å². The molecule has 0 amide bonds. The van der Waals surface area contributed by atoms with E-state index in [1.54, 1.807) is 0 Å². The first kappa shape index (κ1) is 8.38. The Morgan fingerprint density at radius 2 is 1.82 bits per heavy atom. The molecule has 0 aliphatic carbocycles. The molecule has 0 spiro atoms. The van der Waals surface area contributed by atoms with Crippen molar-refractivity contribution in [1.82, 2.24) is 5.32 Å². The molecule has 1 heteroatoms. The molecule has 61 valence electrons. The van der Waals surface area contributed by atoms with Crippen LogP contribution in [0, 0.1) is 0 Å². The van der Waals surface area contributed by atoms with Gasteiger partial charge in [0.05, 0.1) is 0 Å². The first-order valence-corrected chi connectivity index (χ1v) is 4.45. The normalized spacial score (nSPS) is 16.8. The van der Waals surface area contributed by atoms with Crippen molar-refractivity contribution in [3.05, 3.63) is 23.0 Å². The van der Waals surface area contributed by atoms with Gasteiger partial charge in [-0.3, -0.25) is 5.32 Å². The van der Waals surface area contributed by atoms with Gasteiger partial charge in [0.25, 0.3) is 0 Å². The molecule has 0 saturated carbocycles. The number of rotatable bonds is 3. The van der Waals surface area contributed by atoms with E-state index in [2.05, 4.69) is 26.1 Å². The fourth-order valence-electron chi connectivity index (χ4n) is 1.54.